The zero-order valence-corrected chi connectivity index (χ0v) is 12.2. The second-order valence-corrected chi connectivity index (χ2v) is 5.56. The molecule has 0 saturated carbocycles. The summed E-state index contributed by atoms with van der Waals surface area (Å²) >= 11 is 6.11. The van der Waals surface area contributed by atoms with E-state index in [0.29, 0.717) is 34.9 Å². The molecule has 110 valence electrons. The van der Waals surface area contributed by atoms with Crippen LogP contribution in [0.25, 0.3) is 11.6 Å². The van der Waals surface area contributed by atoms with Crippen LogP contribution in [0.4, 0.5) is 5.69 Å². The number of hydrogen-bond acceptors (Lipinski definition) is 3. The second-order valence-electron chi connectivity index (χ2n) is 5.16. The third-order valence-electron chi connectivity index (χ3n) is 3.90. The molecule has 5 nitrogen and oxygen atoms in total. The van der Waals surface area contributed by atoms with Crippen molar-refractivity contribution < 1.29 is 14.3 Å². The molecule has 4 rings (SSSR count). The first-order valence-corrected chi connectivity index (χ1v) is 7.22. The van der Waals surface area contributed by atoms with Gasteiger partial charge in [-0.25, -0.2) is 4.79 Å². The number of carbonyl (C=O) groups excluding carboxylic acids is 2. The van der Waals surface area contributed by atoms with Crippen LogP contribution < -0.4 is 5.32 Å². The molecule has 1 amide bonds. The van der Waals surface area contributed by atoms with Crippen LogP contribution in [-0.2, 0) is 16.0 Å². The first-order chi connectivity index (χ1) is 10.6. The van der Waals surface area contributed by atoms with Gasteiger partial charge in [-0.3, -0.25) is 4.79 Å². The van der Waals surface area contributed by atoms with Crippen molar-refractivity contribution in [2.75, 3.05) is 11.9 Å². The lowest BCUT2D eigenvalue weighted by molar-refractivity contribution is -0.110. The highest BCUT2D eigenvalue weighted by Crippen LogP contribution is 2.38. The highest BCUT2D eigenvalue weighted by atomic mass is 35.5. The van der Waals surface area contributed by atoms with Crippen LogP contribution in [-0.4, -0.2) is 23.5 Å². The van der Waals surface area contributed by atoms with Gasteiger partial charge in [-0.2, -0.15) is 0 Å². The Kier molecular flexibility index (Phi) is 2.84. The number of aromatic nitrogens is 1. The minimum Gasteiger partial charge on any atom is -0.462 e. The van der Waals surface area contributed by atoms with E-state index >= 15 is 0 Å². The summed E-state index contributed by atoms with van der Waals surface area (Å²) < 4.78 is 5.00. The van der Waals surface area contributed by atoms with Crippen molar-refractivity contribution >= 4 is 40.8 Å². The summed E-state index contributed by atoms with van der Waals surface area (Å²) in [6, 6.07) is 5.38. The molecule has 0 spiro atoms. The predicted molar refractivity (Wildman–Crippen MR) is 82.7 cm³/mol. The number of nitrogens with one attached hydrogen (secondary N) is 2. The van der Waals surface area contributed by atoms with Crippen molar-refractivity contribution in [1.82, 2.24) is 4.98 Å². The predicted octanol–water partition coefficient (Wildman–Crippen LogP) is 2.87. The van der Waals surface area contributed by atoms with E-state index in [2.05, 4.69) is 10.3 Å². The summed E-state index contributed by atoms with van der Waals surface area (Å²) in [6.07, 6.45) is 4.01. The number of carbonyl (C=O) groups is 2. The molecule has 3 heterocycles. The number of H-pyrrole nitrogens is 1. The van der Waals surface area contributed by atoms with E-state index in [-0.39, 0.29) is 11.9 Å². The molecule has 2 N–H and O–H groups in total. The van der Waals surface area contributed by atoms with Crippen LogP contribution >= 0.6 is 11.6 Å². The number of aromatic amines is 1. The number of halogens is 1. The normalized spacial score (nSPS) is 18.0. The molecule has 2 aliphatic rings. The first kappa shape index (κ1) is 13.2. The van der Waals surface area contributed by atoms with E-state index in [4.69, 9.17) is 16.3 Å². The van der Waals surface area contributed by atoms with Gasteiger partial charge in [0.05, 0.1) is 28.5 Å². The SMILES string of the molecule is O=C1Nc2c(Cl)cccc2C1=Cc1[nH]cc2c1CCOC2=O. The van der Waals surface area contributed by atoms with Gasteiger partial charge in [0.25, 0.3) is 5.91 Å². The van der Waals surface area contributed by atoms with Gasteiger partial charge in [-0.15, -0.1) is 0 Å². The van der Waals surface area contributed by atoms with Crippen molar-refractivity contribution in [1.29, 1.82) is 0 Å². The van der Waals surface area contributed by atoms with E-state index in [0.717, 1.165) is 16.8 Å². The van der Waals surface area contributed by atoms with Crippen LogP contribution in [0.2, 0.25) is 5.02 Å². The van der Waals surface area contributed by atoms with Crippen molar-refractivity contribution in [2.45, 2.75) is 6.42 Å². The fraction of sp³-hybridized carbons (Fsp3) is 0.125. The number of cyclic esters (lactones) is 1. The standard InChI is InChI=1S/C16H11ClN2O3/c17-12-3-1-2-9-10(15(20)19-14(9)12)6-13-8-4-5-22-16(21)11(8)7-18-13/h1-3,6-7,18H,4-5H2,(H,19,20). The summed E-state index contributed by atoms with van der Waals surface area (Å²) in [5, 5.41) is 3.28. The van der Waals surface area contributed by atoms with Crippen molar-refractivity contribution in [3.8, 4) is 0 Å². The van der Waals surface area contributed by atoms with Gasteiger partial charge in [0, 0.05) is 23.9 Å². The number of hydrogen-bond donors (Lipinski definition) is 2. The van der Waals surface area contributed by atoms with Crippen LogP contribution in [0.1, 0.15) is 27.2 Å². The summed E-state index contributed by atoms with van der Waals surface area (Å²) in [5.41, 5.74) is 4.08. The molecule has 0 unspecified atom stereocenters. The number of para-hydroxylation sites is 1. The zero-order valence-electron chi connectivity index (χ0n) is 11.4. The largest absolute Gasteiger partial charge is 0.462 e. The monoisotopic (exact) mass is 314 g/mol. The lowest BCUT2D eigenvalue weighted by Gasteiger charge is -2.12. The van der Waals surface area contributed by atoms with Gasteiger partial charge in [0.2, 0.25) is 0 Å². The third-order valence-corrected chi connectivity index (χ3v) is 4.22. The number of amides is 1. The molecule has 0 radical (unpaired) electrons. The van der Waals surface area contributed by atoms with Crippen LogP contribution in [0, 0.1) is 0 Å². The summed E-state index contributed by atoms with van der Waals surface area (Å²) in [5.74, 6) is -0.536. The summed E-state index contributed by atoms with van der Waals surface area (Å²) in [7, 11) is 0. The molecule has 1 aromatic carbocycles. The molecule has 0 atom stereocenters. The molecule has 6 heteroatoms. The first-order valence-electron chi connectivity index (χ1n) is 6.84. The quantitative estimate of drug-likeness (QED) is 0.628. The Morgan fingerprint density at radius 2 is 2.09 bits per heavy atom. The summed E-state index contributed by atoms with van der Waals surface area (Å²) in [4.78, 5) is 26.9. The van der Waals surface area contributed by atoms with Gasteiger partial charge >= 0.3 is 5.97 Å². The number of ether oxygens (including phenoxy) is 1. The van der Waals surface area contributed by atoms with Crippen LogP contribution in [0.5, 0.6) is 0 Å². The van der Waals surface area contributed by atoms with E-state index < -0.39 is 0 Å². The molecule has 22 heavy (non-hydrogen) atoms. The average Bonchev–Trinajstić information content (AvgIpc) is 3.05. The van der Waals surface area contributed by atoms with Gasteiger partial charge in [-0.1, -0.05) is 23.7 Å². The Bertz CT molecular complexity index is 851. The lowest BCUT2D eigenvalue weighted by Crippen LogP contribution is -2.16. The number of anilines is 1. The van der Waals surface area contributed by atoms with Crippen LogP contribution in [0.15, 0.2) is 24.4 Å². The summed E-state index contributed by atoms with van der Waals surface area (Å²) in [6.45, 7) is 0.356. The second kappa shape index (κ2) is 4.74. The number of benzene rings is 1. The molecule has 0 bridgehead atoms. The minimum absolute atomic E-state index is 0.204. The highest BCUT2D eigenvalue weighted by molar-refractivity contribution is 6.41. The molecule has 0 saturated heterocycles. The molecule has 2 aromatic rings. The van der Waals surface area contributed by atoms with Gasteiger partial charge < -0.3 is 15.0 Å². The number of fused-ring (bicyclic) bond motifs is 2. The Morgan fingerprint density at radius 1 is 1.23 bits per heavy atom. The molecule has 2 aliphatic heterocycles. The van der Waals surface area contributed by atoms with E-state index in [1.54, 1.807) is 24.4 Å². The van der Waals surface area contributed by atoms with E-state index in [9.17, 15) is 9.59 Å². The number of rotatable bonds is 1. The maximum atomic E-state index is 12.2. The smallest absolute Gasteiger partial charge is 0.339 e. The Morgan fingerprint density at radius 3 is 2.95 bits per heavy atom. The Hall–Kier alpha value is -2.53. The van der Waals surface area contributed by atoms with Crippen molar-refractivity contribution in [3.05, 3.63) is 51.8 Å². The fourth-order valence-corrected chi connectivity index (χ4v) is 3.06. The van der Waals surface area contributed by atoms with E-state index in [1.807, 2.05) is 6.07 Å². The molecule has 1 aromatic heterocycles. The van der Waals surface area contributed by atoms with Gasteiger partial charge in [0.15, 0.2) is 0 Å². The zero-order chi connectivity index (χ0) is 15.3. The maximum Gasteiger partial charge on any atom is 0.339 e. The lowest BCUT2D eigenvalue weighted by atomic mass is 10.0. The average molecular weight is 315 g/mol. The van der Waals surface area contributed by atoms with Crippen LogP contribution in [0.3, 0.4) is 0 Å². The van der Waals surface area contributed by atoms with Gasteiger partial charge in [0.1, 0.15) is 0 Å². The minimum atomic E-state index is -0.332. The van der Waals surface area contributed by atoms with Gasteiger partial charge in [-0.05, 0) is 17.7 Å². The van der Waals surface area contributed by atoms with Crippen molar-refractivity contribution in [2.24, 2.45) is 0 Å². The van der Waals surface area contributed by atoms with Crippen molar-refractivity contribution in [3.63, 3.8) is 0 Å². The highest BCUT2D eigenvalue weighted by Gasteiger charge is 2.28. The fourth-order valence-electron chi connectivity index (χ4n) is 2.84. The number of esters is 1. The van der Waals surface area contributed by atoms with E-state index in [1.165, 1.54) is 0 Å². The molecular formula is C16H11ClN2O3. The molecule has 0 aliphatic carbocycles. The molecule has 0 fully saturated rings. The maximum absolute atomic E-state index is 12.2. The Labute approximate surface area is 130 Å². The third kappa shape index (κ3) is 1.86. The Balaban J connectivity index is 1.84. The molecular weight excluding hydrogens is 304 g/mol. The topological polar surface area (TPSA) is 71.2 Å².